The highest BCUT2D eigenvalue weighted by atomic mass is 16.6. The molecule has 7 heteroatoms. The number of esters is 1. The van der Waals surface area contributed by atoms with Crippen LogP contribution in [-0.4, -0.2) is 29.1 Å². The molecule has 1 aromatic carbocycles. The molecule has 0 aliphatic heterocycles. The van der Waals surface area contributed by atoms with Gasteiger partial charge in [0.2, 0.25) is 0 Å². The highest BCUT2D eigenvalue weighted by molar-refractivity contribution is 5.97. The van der Waals surface area contributed by atoms with Crippen LogP contribution in [0.25, 0.3) is 0 Å². The van der Waals surface area contributed by atoms with Gasteiger partial charge in [-0.2, -0.15) is 0 Å². The van der Waals surface area contributed by atoms with Crippen LogP contribution in [0.1, 0.15) is 30.1 Å². The molecule has 0 aliphatic carbocycles. The number of non-ortho nitro benzene ring substituents is 1. The number of ether oxygens (including phenoxy) is 1. The Morgan fingerprint density at radius 3 is 2.30 bits per heavy atom. The van der Waals surface area contributed by atoms with Gasteiger partial charge in [0.25, 0.3) is 5.69 Å². The Bertz CT molecular complexity index is 534. The lowest BCUT2D eigenvalue weighted by Gasteiger charge is -2.03. The van der Waals surface area contributed by atoms with Crippen LogP contribution in [0.2, 0.25) is 0 Å². The number of nitro groups is 1. The number of hydrogen-bond donors (Lipinski definition) is 0. The van der Waals surface area contributed by atoms with Crippen molar-refractivity contribution in [2.75, 3.05) is 6.61 Å². The van der Waals surface area contributed by atoms with E-state index in [9.17, 15) is 24.5 Å². The SMILES string of the molecule is CC(=O)CC(=O)OCCC(=O)c1ccc([N+](=O)[O-])cc1. The monoisotopic (exact) mass is 279 g/mol. The summed E-state index contributed by atoms with van der Waals surface area (Å²) >= 11 is 0. The quantitative estimate of drug-likeness (QED) is 0.247. The molecule has 20 heavy (non-hydrogen) atoms. The Hall–Kier alpha value is -2.57. The first kappa shape index (κ1) is 15.5. The van der Waals surface area contributed by atoms with Crippen LogP contribution in [0.3, 0.4) is 0 Å². The number of carbonyl (C=O) groups is 3. The number of ketones is 2. The van der Waals surface area contributed by atoms with Gasteiger partial charge in [-0.3, -0.25) is 24.5 Å². The normalized spacial score (nSPS) is 9.85. The molecule has 0 atom stereocenters. The van der Waals surface area contributed by atoms with Crippen LogP contribution < -0.4 is 0 Å². The summed E-state index contributed by atoms with van der Waals surface area (Å²) in [4.78, 5) is 43.3. The zero-order valence-electron chi connectivity index (χ0n) is 10.8. The second kappa shape index (κ2) is 7.13. The van der Waals surface area contributed by atoms with Gasteiger partial charge in [-0.15, -0.1) is 0 Å². The summed E-state index contributed by atoms with van der Waals surface area (Å²) in [5.41, 5.74) is 0.202. The molecule has 0 aromatic heterocycles. The van der Waals surface area contributed by atoms with Gasteiger partial charge in [0, 0.05) is 24.1 Å². The third kappa shape index (κ3) is 4.97. The largest absolute Gasteiger partial charge is 0.465 e. The van der Waals surface area contributed by atoms with E-state index in [1.165, 1.54) is 31.2 Å². The molecule has 1 rings (SSSR count). The van der Waals surface area contributed by atoms with E-state index in [0.29, 0.717) is 5.56 Å². The molecule has 0 unspecified atom stereocenters. The van der Waals surface area contributed by atoms with Crippen molar-refractivity contribution in [1.82, 2.24) is 0 Å². The maximum Gasteiger partial charge on any atom is 0.313 e. The highest BCUT2D eigenvalue weighted by Gasteiger charge is 2.11. The molecule has 0 heterocycles. The van der Waals surface area contributed by atoms with Crippen LogP contribution >= 0.6 is 0 Å². The molecule has 7 nitrogen and oxygen atoms in total. The summed E-state index contributed by atoms with van der Waals surface area (Å²) in [7, 11) is 0. The molecule has 0 saturated heterocycles. The number of nitro benzene ring substituents is 1. The number of hydrogen-bond acceptors (Lipinski definition) is 6. The van der Waals surface area contributed by atoms with E-state index in [1.54, 1.807) is 0 Å². The Kier molecular flexibility index (Phi) is 5.52. The maximum atomic E-state index is 11.7. The van der Waals surface area contributed by atoms with E-state index in [2.05, 4.69) is 0 Å². The second-order valence-corrected chi connectivity index (χ2v) is 4.08. The lowest BCUT2D eigenvalue weighted by molar-refractivity contribution is -0.384. The molecular weight excluding hydrogens is 266 g/mol. The summed E-state index contributed by atoms with van der Waals surface area (Å²) in [5, 5.41) is 10.5. The predicted octanol–water partition coefficient (Wildman–Crippen LogP) is 1.69. The summed E-state index contributed by atoms with van der Waals surface area (Å²) in [6, 6.07) is 5.15. The number of benzene rings is 1. The molecule has 0 spiro atoms. The summed E-state index contributed by atoms with van der Waals surface area (Å²) in [5.74, 6) is -1.28. The van der Waals surface area contributed by atoms with Crippen LogP contribution in [0, 0.1) is 10.1 Å². The molecular formula is C13H13NO6. The minimum atomic E-state index is -0.672. The fourth-order valence-electron chi connectivity index (χ4n) is 1.43. The number of rotatable bonds is 7. The molecule has 1 aromatic rings. The maximum absolute atomic E-state index is 11.7. The van der Waals surface area contributed by atoms with Crippen LogP contribution in [0.15, 0.2) is 24.3 Å². The van der Waals surface area contributed by atoms with E-state index in [1.807, 2.05) is 0 Å². The van der Waals surface area contributed by atoms with Gasteiger partial charge >= 0.3 is 5.97 Å². The van der Waals surface area contributed by atoms with E-state index in [0.717, 1.165) is 0 Å². The van der Waals surface area contributed by atoms with E-state index in [4.69, 9.17) is 4.74 Å². The topological polar surface area (TPSA) is 104 Å². The van der Waals surface area contributed by atoms with Crippen LogP contribution in [-0.2, 0) is 14.3 Å². The molecule has 0 radical (unpaired) electrons. The van der Waals surface area contributed by atoms with E-state index in [-0.39, 0.29) is 36.7 Å². The van der Waals surface area contributed by atoms with Crippen molar-refractivity contribution >= 4 is 23.2 Å². The predicted molar refractivity (Wildman–Crippen MR) is 68.3 cm³/mol. The summed E-state index contributed by atoms with van der Waals surface area (Å²) in [6.45, 7) is 1.14. The van der Waals surface area contributed by atoms with Crippen molar-refractivity contribution in [3.63, 3.8) is 0 Å². The molecule has 0 amide bonds. The number of carbonyl (C=O) groups excluding carboxylic acids is 3. The Balaban J connectivity index is 2.45. The van der Waals surface area contributed by atoms with E-state index < -0.39 is 10.9 Å². The van der Waals surface area contributed by atoms with Crippen molar-refractivity contribution in [2.24, 2.45) is 0 Å². The average Bonchev–Trinajstić information content (AvgIpc) is 2.37. The Morgan fingerprint density at radius 2 is 1.80 bits per heavy atom. The van der Waals surface area contributed by atoms with Gasteiger partial charge in [-0.05, 0) is 19.1 Å². The third-order valence-electron chi connectivity index (χ3n) is 2.39. The van der Waals surface area contributed by atoms with Crippen molar-refractivity contribution in [1.29, 1.82) is 0 Å². The lowest BCUT2D eigenvalue weighted by Crippen LogP contribution is -2.12. The van der Waals surface area contributed by atoms with E-state index >= 15 is 0 Å². The average molecular weight is 279 g/mol. The standard InChI is InChI=1S/C13H13NO6/c1-9(15)8-13(17)20-7-6-12(16)10-2-4-11(5-3-10)14(18)19/h2-5H,6-8H2,1H3. The van der Waals surface area contributed by atoms with Crippen LogP contribution in [0.5, 0.6) is 0 Å². The minimum Gasteiger partial charge on any atom is -0.465 e. The molecule has 0 bridgehead atoms. The smallest absolute Gasteiger partial charge is 0.313 e. The van der Waals surface area contributed by atoms with Gasteiger partial charge in [0.1, 0.15) is 12.2 Å². The molecule has 0 saturated carbocycles. The van der Waals surface area contributed by atoms with Crippen molar-refractivity contribution in [2.45, 2.75) is 19.8 Å². The highest BCUT2D eigenvalue weighted by Crippen LogP contribution is 2.13. The van der Waals surface area contributed by atoms with Gasteiger partial charge < -0.3 is 4.74 Å². The first-order valence-corrected chi connectivity index (χ1v) is 5.83. The van der Waals surface area contributed by atoms with Gasteiger partial charge in [0.15, 0.2) is 5.78 Å². The first-order chi connectivity index (χ1) is 9.40. The zero-order valence-corrected chi connectivity index (χ0v) is 10.8. The lowest BCUT2D eigenvalue weighted by atomic mass is 10.1. The second-order valence-electron chi connectivity index (χ2n) is 4.08. The van der Waals surface area contributed by atoms with Crippen molar-refractivity contribution in [3.05, 3.63) is 39.9 Å². The van der Waals surface area contributed by atoms with Crippen LogP contribution in [0.4, 0.5) is 5.69 Å². The summed E-state index contributed by atoms with van der Waals surface area (Å²) < 4.78 is 4.72. The molecule has 106 valence electrons. The van der Waals surface area contributed by atoms with Gasteiger partial charge in [-0.1, -0.05) is 0 Å². The molecule has 0 fully saturated rings. The Morgan fingerprint density at radius 1 is 1.20 bits per heavy atom. The fourth-order valence-corrected chi connectivity index (χ4v) is 1.43. The third-order valence-corrected chi connectivity index (χ3v) is 2.39. The zero-order chi connectivity index (χ0) is 15.1. The fraction of sp³-hybridized carbons (Fsp3) is 0.308. The first-order valence-electron chi connectivity index (χ1n) is 5.83. The summed E-state index contributed by atoms with van der Waals surface area (Å²) in [6.07, 6.45) is -0.354. The molecule has 0 N–H and O–H groups in total. The Labute approximate surface area is 114 Å². The van der Waals surface area contributed by atoms with Crippen molar-refractivity contribution < 1.29 is 24.0 Å². The number of nitrogens with zero attached hydrogens (tertiary/aromatic N) is 1. The van der Waals surface area contributed by atoms with Crippen molar-refractivity contribution in [3.8, 4) is 0 Å². The van der Waals surface area contributed by atoms with Gasteiger partial charge in [0.05, 0.1) is 11.5 Å². The number of Topliss-reactive ketones (excluding diaryl/α,β-unsaturated/α-hetero) is 2. The molecule has 0 aliphatic rings. The van der Waals surface area contributed by atoms with Gasteiger partial charge in [-0.25, -0.2) is 0 Å². The minimum absolute atomic E-state index is 0.0402.